The van der Waals surface area contributed by atoms with Crippen LogP contribution in [0.2, 0.25) is 0 Å². The minimum atomic E-state index is -2.19. The molecule has 70 heavy (non-hydrogen) atoms. The number of hydrogen-bond acceptors (Lipinski definition) is 21. The van der Waals surface area contributed by atoms with E-state index in [1.165, 1.54) is 0 Å². The third kappa shape index (κ3) is 21.5. The number of hydrogen-bond donors (Lipinski definition) is 6. The van der Waals surface area contributed by atoms with Gasteiger partial charge in [0.25, 0.3) is 0 Å². The Kier molecular flexibility index (Phi) is 27.2. The molecule has 398 valence electrons. The summed E-state index contributed by atoms with van der Waals surface area (Å²) in [7, 11) is 0. The number of carbonyl (C=O) groups is 6. The Labute approximate surface area is 410 Å². The molecule has 6 N–H and O–H groups in total. The summed E-state index contributed by atoms with van der Waals surface area (Å²) in [6, 6.07) is 0. The average Bonchev–Trinajstić information content (AvgIpc) is 3.30. The predicted octanol–water partition coefficient (Wildman–Crippen LogP) is 1.83. The van der Waals surface area contributed by atoms with Gasteiger partial charge in [-0.15, -0.1) is 0 Å². The van der Waals surface area contributed by atoms with Crippen molar-refractivity contribution in [3.05, 3.63) is 75.9 Å². The van der Waals surface area contributed by atoms with Crippen molar-refractivity contribution in [3.63, 3.8) is 0 Å². The lowest BCUT2D eigenvalue weighted by Gasteiger charge is -2.48. The molecule has 21 nitrogen and oxygen atoms in total. The first-order valence-corrected chi connectivity index (χ1v) is 22.1. The second kappa shape index (κ2) is 29.3. The van der Waals surface area contributed by atoms with Crippen LogP contribution in [-0.4, -0.2) is 178 Å². The summed E-state index contributed by atoms with van der Waals surface area (Å²) in [6.07, 6.45) is -7.11. The van der Waals surface area contributed by atoms with Crippen LogP contribution in [-0.2, 0) is 71.4 Å². The van der Waals surface area contributed by atoms with Gasteiger partial charge in [-0.25, -0.2) is 28.8 Å². The number of ether oxygens (including phenoxy) is 9. The van der Waals surface area contributed by atoms with E-state index in [0.717, 1.165) is 36.5 Å². The Morgan fingerprint density at radius 3 is 0.843 bits per heavy atom. The first-order chi connectivity index (χ1) is 32.3. The fourth-order valence-electron chi connectivity index (χ4n) is 7.64. The van der Waals surface area contributed by atoms with E-state index < -0.39 is 158 Å². The Balaban J connectivity index is 6.69. The zero-order valence-electron chi connectivity index (χ0n) is 41.8. The molecule has 0 rings (SSSR count). The van der Waals surface area contributed by atoms with Gasteiger partial charge in [-0.3, -0.25) is 0 Å². The molecule has 0 heterocycles. The Morgan fingerprint density at radius 1 is 0.386 bits per heavy atom. The molecule has 0 radical (unpaired) electrons. The van der Waals surface area contributed by atoms with E-state index in [4.69, 9.17) is 42.6 Å². The van der Waals surface area contributed by atoms with Crippen molar-refractivity contribution in [2.45, 2.75) is 134 Å². The molecular weight excluding hydrogens is 925 g/mol. The van der Waals surface area contributed by atoms with E-state index in [1.807, 2.05) is 0 Å². The average molecular weight is 1000 g/mol. The van der Waals surface area contributed by atoms with Crippen LogP contribution >= 0.6 is 0 Å². The topological polar surface area (TPSA) is 307 Å². The molecule has 0 aliphatic heterocycles. The second-order valence-corrected chi connectivity index (χ2v) is 18.7. The van der Waals surface area contributed by atoms with E-state index >= 15 is 0 Å². The monoisotopic (exact) mass is 1000 g/mol. The lowest BCUT2D eigenvalue weighted by atomic mass is 9.66. The third-order valence-electron chi connectivity index (χ3n) is 11.0. The van der Waals surface area contributed by atoms with Crippen LogP contribution in [0, 0.1) is 10.8 Å². The summed E-state index contributed by atoms with van der Waals surface area (Å²) in [5, 5.41) is 69.7. The molecule has 0 aromatic heterocycles. The highest BCUT2D eigenvalue weighted by molar-refractivity contribution is 5.83. The van der Waals surface area contributed by atoms with E-state index in [1.54, 1.807) is 55.4 Å². The van der Waals surface area contributed by atoms with Gasteiger partial charge in [-0.2, -0.15) is 0 Å². The second-order valence-electron chi connectivity index (χ2n) is 18.7. The first kappa shape index (κ1) is 64.9. The van der Waals surface area contributed by atoms with Crippen LogP contribution in [0.25, 0.3) is 0 Å². The minimum absolute atomic E-state index is 0.0530. The highest BCUT2D eigenvalue weighted by Gasteiger charge is 2.56. The van der Waals surface area contributed by atoms with Gasteiger partial charge in [0.15, 0.2) is 0 Å². The molecule has 0 fully saturated rings. The number of carbonyl (C=O) groups excluding carboxylic acids is 6. The van der Waals surface area contributed by atoms with Crippen molar-refractivity contribution in [1.29, 1.82) is 0 Å². The largest absolute Gasteiger partial charge is 0.460 e. The third-order valence-corrected chi connectivity index (χ3v) is 11.0. The molecular formula is C49H76O21. The molecule has 0 bridgehead atoms. The molecule has 0 aromatic rings. The zero-order valence-corrected chi connectivity index (χ0v) is 41.8. The van der Waals surface area contributed by atoms with E-state index in [2.05, 4.69) is 39.5 Å². The summed E-state index contributed by atoms with van der Waals surface area (Å²) in [6.45, 7) is 28.1. The van der Waals surface area contributed by atoms with Gasteiger partial charge in [0, 0.05) is 36.5 Å². The van der Waals surface area contributed by atoms with Crippen LogP contribution < -0.4 is 0 Å². The summed E-state index contributed by atoms with van der Waals surface area (Å²) in [4.78, 5) is 72.2. The van der Waals surface area contributed by atoms with Gasteiger partial charge in [0.05, 0.1) is 83.1 Å². The highest BCUT2D eigenvalue weighted by Crippen LogP contribution is 2.44. The van der Waals surface area contributed by atoms with Gasteiger partial charge in [0.1, 0.15) is 39.6 Å². The molecule has 0 aromatic carbocycles. The van der Waals surface area contributed by atoms with Gasteiger partial charge in [-0.05, 0) is 74.7 Å². The van der Waals surface area contributed by atoms with Crippen LogP contribution in [0.1, 0.15) is 74.7 Å². The maximum Gasteiger partial charge on any atom is 0.330 e. The summed E-state index contributed by atoms with van der Waals surface area (Å²) < 4.78 is 49.5. The Hall–Kier alpha value is -5.10. The molecule has 0 saturated heterocycles. The van der Waals surface area contributed by atoms with Gasteiger partial charge < -0.3 is 73.3 Å². The maximum absolute atomic E-state index is 12.0. The van der Waals surface area contributed by atoms with Crippen LogP contribution in [0.15, 0.2) is 75.9 Å². The van der Waals surface area contributed by atoms with Gasteiger partial charge >= 0.3 is 35.8 Å². The van der Waals surface area contributed by atoms with E-state index in [-0.39, 0.29) is 19.6 Å². The number of aliphatic hydroxyl groups is 6. The highest BCUT2D eigenvalue weighted by atomic mass is 16.6. The predicted molar refractivity (Wildman–Crippen MR) is 251 cm³/mol. The zero-order chi connectivity index (χ0) is 54.3. The Morgan fingerprint density at radius 2 is 0.614 bits per heavy atom. The van der Waals surface area contributed by atoms with Crippen LogP contribution in [0.3, 0.4) is 0 Å². The van der Waals surface area contributed by atoms with Crippen molar-refractivity contribution in [3.8, 4) is 0 Å². The van der Waals surface area contributed by atoms with Crippen molar-refractivity contribution in [2.24, 2.45) is 10.8 Å². The number of rotatable bonds is 37. The first-order valence-electron chi connectivity index (χ1n) is 22.1. The van der Waals surface area contributed by atoms with Crippen molar-refractivity contribution < 1.29 is 102 Å². The molecule has 0 aliphatic carbocycles. The molecule has 6 unspecified atom stereocenters. The van der Waals surface area contributed by atoms with E-state index in [9.17, 15) is 59.4 Å². The number of aliphatic hydroxyl groups excluding tert-OH is 6. The van der Waals surface area contributed by atoms with Crippen molar-refractivity contribution in [2.75, 3.05) is 52.9 Å². The smallest absolute Gasteiger partial charge is 0.330 e. The molecule has 6 atom stereocenters. The lowest BCUT2D eigenvalue weighted by Crippen LogP contribution is -2.61. The van der Waals surface area contributed by atoms with Crippen molar-refractivity contribution in [1.82, 2.24) is 0 Å². The summed E-state index contributed by atoms with van der Waals surface area (Å²) in [5.74, 6) is -5.66. The molecule has 21 heteroatoms. The summed E-state index contributed by atoms with van der Waals surface area (Å²) in [5.41, 5.74) is -9.24. The maximum atomic E-state index is 12.0. The van der Waals surface area contributed by atoms with Gasteiger partial charge in [-0.1, -0.05) is 39.5 Å². The molecule has 0 saturated carbocycles. The summed E-state index contributed by atoms with van der Waals surface area (Å²) >= 11 is 0. The van der Waals surface area contributed by atoms with Gasteiger partial charge in [0.2, 0.25) is 0 Å². The van der Waals surface area contributed by atoms with E-state index in [0.29, 0.717) is 0 Å². The molecule has 0 spiro atoms. The van der Waals surface area contributed by atoms with Crippen molar-refractivity contribution >= 4 is 35.8 Å². The Bertz CT molecular complexity index is 1650. The fraction of sp³-hybridized carbons (Fsp3) is 0.633. The fourth-order valence-corrected chi connectivity index (χ4v) is 7.64. The number of esters is 6. The lowest BCUT2D eigenvalue weighted by molar-refractivity contribution is -0.223. The quantitative estimate of drug-likeness (QED) is 0.0294. The molecule has 0 amide bonds. The minimum Gasteiger partial charge on any atom is -0.460 e. The normalized spacial score (nSPS) is 16.4. The molecule has 0 aliphatic rings. The van der Waals surface area contributed by atoms with Crippen LogP contribution in [0.5, 0.6) is 0 Å². The van der Waals surface area contributed by atoms with Crippen LogP contribution in [0.4, 0.5) is 0 Å². The standard InChI is InChI=1S/C49H76O21/c1-15-38(56)62-23-32(50)48(33(51)24-63-39(57)16-2,34(52)25-64-40(58)17-3)29-45(9,10)68-22-21-44(7,8)70-47(13,14)31-69-46(11,12)30-49(35(53)26-65-41(59)18-4,36(54)27-66-42(60)19-5)37(55)28-67-43(61)20-6/h15-20,32-37,50-55H,1-6,21-31H2,7-14H3. The SMILES string of the molecule is C=CC(=O)OCC(O)C(CC(C)(C)OCCC(C)(C)OC(C)(C)COC(C)(C)CC(C(O)COC(=O)C=C)(C(O)COC(=O)C=C)C(O)COC(=O)C=C)(C(O)COC(=O)C=C)C(O)COC(=O)C=C.